The highest BCUT2D eigenvalue weighted by Crippen LogP contribution is 2.16. The van der Waals surface area contributed by atoms with Crippen LogP contribution in [0.2, 0.25) is 0 Å². The van der Waals surface area contributed by atoms with Crippen molar-refractivity contribution in [2.45, 2.75) is 19.4 Å². The van der Waals surface area contributed by atoms with E-state index < -0.39 is 0 Å². The SMILES string of the molecule is c1ccc(OCCc2nc3c(o2)CCNC3)cc1. The molecule has 0 bridgehead atoms. The molecule has 18 heavy (non-hydrogen) atoms. The van der Waals surface area contributed by atoms with Crippen LogP contribution in [-0.4, -0.2) is 18.1 Å². The van der Waals surface area contributed by atoms with Gasteiger partial charge in [-0.25, -0.2) is 4.98 Å². The van der Waals surface area contributed by atoms with Gasteiger partial charge in [-0.2, -0.15) is 0 Å². The van der Waals surface area contributed by atoms with Crippen LogP contribution in [-0.2, 0) is 19.4 Å². The molecule has 4 nitrogen and oxygen atoms in total. The van der Waals surface area contributed by atoms with Gasteiger partial charge in [0.25, 0.3) is 0 Å². The standard InChI is InChI=1S/C14H16N2O2/c1-2-4-11(5-3-1)17-9-7-14-16-12-10-15-8-6-13(12)18-14/h1-5,15H,6-10H2. The molecule has 2 heterocycles. The molecule has 0 saturated heterocycles. The van der Waals surface area contributed by atoms with Crippen LogP contribution < -0.4 is 10.1 Å². The van der Waals surface area contributed by atoms with Gasteiger partial charge >= 0.3 is 0 Å². The number of para-hydroxylation sites is 1. The fourth-order valence-electron chi connectivity index (χ4n) is 2.06. The summed E-state index contributed by atoms with van der Waals surface area (Å²) in [7, 11) is 0. The molecule has 94 valence electrons. The van der Waals surface area contributed by atoms with Gasteiger partial charge in [0.05, 0.1) is 18.7 Å². The number of rotatable bonds is 4. The minimum absolute atomic E-state index is 0.594. The highest BCUT2D eigenvalue weighted by atomic mass is 16.5. The molecule has 0 aliphatic carbocycles. The van der Waals surface area contributed by atoms with E-state index in [0.29, 0.717) is 13.0 Å². The third-order valence-corrected chi connectivity index (χ3v) is 2.97. The maximum Gasteiger partial charge on any atom is 0.198 e. The second-order valence-corrected chi connectivity index (χ2v) is 4.32. The van der Waals surface area contributed by atoms with Crippen molar-refractivity contribution in [3.8, 4) is 5.75 Å². The third-order valence-electron chi connectivity index (χ3n) is 2.97. The van der Waals surface area contributed by atoms with Crippen LogP contribution in [0.3, 0.4) is 0 Å². The minimum atomic E-state index is 0.594. The van der Waals surface area contributed by atoms with Gasteiger partial charge in [-0.1, -0.05) is 18.2 Å². The number of nitrogens with zero attached hydrogens (tertiary/aromatic N) is 1. The lowest BCUT2D eigenvalue weighted by atomic mass is 10.2. The molecule has 0 atom stereocenters. The fourth-order valence-corrected chi connectivity index (χ4v) is 2.06. The fraction of sp³-hybridized carbons (Fsp3) is 0.357. The highest BCUT2D eigenvalue weighted by molar-refractivity contribution is 5.21. The van der Waals surface area contributed by atoms with Crippen LogP contribution in [0, 0.1) is 0 Å². The second kappa shape index (κ2) is 5.23. The molecule has 0 spiro atoms. The summed E-state index contributed by atoms with van der Waals surface area (Å²) in [5, 5.41) is 3.28. The quantitative estimate of drug-likeness (QED) is 0.893. The Balaban J connectivity index is 1.55. The molecule has 1 N–H and O–H groups in total. The number of fused-ring (bicyclic) bond motifs is 1. The van der Waals surface area contributed by atoms with E-state index in [1.54, 1.807) is 0 Å². The Hall–Kier alpha value is -1.81. The number of hydrogen-bond donors (Lipinski definition) is 1. The first-order valence-electron chi connectivity index (χ1n) is 6.28. The summed E-state index contributed by atoms with van der Waals surface area (Å²) in [6.45, 7) is 2.39. The van der Waals surface area contributed by atoms with E-state index in [9.17, 15) is 0 Å². The number of ether oxygens (including phenoxy) is 1. The second-order valence-electron chi connectivity index (χ2n) is 4.32. The lowest BCUT2D eigenvalue weighted by molar-refractivity contribution is 0.303. The maximum atomic E-state index is 5.71. The molecule has 2 aromatic rings. The molecule has 3 rings (SSSR count). The van der Waals surface area contributed by atoms with Gasteiger partial charge in [0.15, 0.2) is 5.89 Å². The Labute approximate surface area is 106 Å². The predicted molar refractivity (Wildman–Crippen MR) is 67.6 cm³/mol. The molecular formula is C14H16N2O2. The lowest BCUT2D eigenvalue weighted by Gasteiger charge is -2.08. The van der Waals surface area contributed by atoms with Crippen molar-refractivity contribution in [1.82, 2.24) is 10.3 Å². The Morgan fingerprint density at radius 1 is 1.28 bits per heavy atom. The summed E-state index contributed by atoms with van der Waals surface area (Å²) in [5.74, 6) is 2.69. The Bertz CT molecular complexity index is 484. The first kappa shape index (κ1) is 11.3. The number of aromatic nitrogens is 1. The van der Waals surface area contributed by atoms with Crippen LogP contribution in [0.25, 0.3) is 0 Å². The first-order chi connectivity index (χ1) is 8.92. The van der Waals surface area contributed by atoms with Crippen molar-refractivity contribution in [3.63, 3.8) is 0 Å². The van der Waals surface area contributed by atoms with Crippen molar-refractivity contribution in [1.29, 1.82) is 0 Å². The molecule has 0 amide bonds. The van der Waals surface area contributed by atoms with Crippen molar-refractivity contribution in [2.75, 3.05) is 13.2 Å². The largest absolute Gasteiger partial charge is 0.493 e. The van der Waals surface area contributed by atoms with Gasteiger partial charge in [0, 0.05) is 19.5 Å². The monoisotopic (exact) mass is 244 g/mol. The van der Waals surface area contributed by atoms with Crippen molar-refractivity contribution in [2.24, 2.45) is 0 Å². The Morgan fingerprint density at radius 2 is 2.17 bits per heavy atom. The zero-order valence-electron chi connectivity index (χ0n) is 10.2. The summed E-state index contributed by atoms with van der Waals surface area (Å²) < 4.78 is 11.3. The van der Waals surface area contributed by atoms with Crippen molar-refractivity contribution in [3.05, 3.63) is 47.7 Å². The average molecular weight is 244 g/mol. The summed E-state index contributed by atoms with van der Waals surface area (Å²) in [6, 6.07) is 9.80. The Kier molecular flexibility index (Phi) is 3.28. The molecule has 1 aromatic carbocycles. The topological polar surface area (TPSA) is 47.3 Å². The average Bonchev–Trinajstić information content (AvgIpc) is 2.82. The van der Waals surface area contributed by atoms with E-state index in [4.69, 9.17) is 9.15 Å². The predicted octanol–water partition coefficient (Wildman–Crippen LogP) is 1.94. The van der Waals surface area contributed by atoms with E-state index in [-0.39, 0.29) is 0 Å². The van der Waals surface area contributed by atoms with E-state index in [1.807, 2.05) is 30.3 Å². The molecule has 0 saturated carbocycles. The minimum Gasteiger partial charge on any atom is -0.493 e. The van der Waals surface area contributed by atoms with Crippen LogP contribution in [0.5, 0.6) is 5.75 Å². The normalized spacial score (nSPS) is 14.2. The van der Waals surface area contributed by atoms with Crippen molar-refractivity contribution >= 4 is 0 Å². The van der Waals surface area contributed by atoms with Crippen LogP contribution in [0.15, 0.2) is 34.7 Å². The van der Waals surface area contributed by atoms with Crippen LogP contribution in [0.4, 0.5) is 0 Å². The van der Waals surface area contributed by atoms with E-state index in [0.717, 1.165) is 42.6 Å². The summed E-state index contributed by atoms with van der Waals surface area (Å²) in [5.41, 5.74) is 1.05. The first-order valence-corrected chi connectivity index (χ1v) is 6.28. The number of benzene rings is 1. The summed E-state index contributed by atoms with van der Waals surface area (Å²) >= 11 is 0. The smallest absolute Gasteiger partial charge is 0.198 e. The number of oxazole rings is 1. The van der Waals surface area contributed by atoms with E-state index >= 15 is 0 Å². The van der Waals surface area contributed by atoms with E-state index in [2.05, 4.69) is 10.3 Å². The molecule has 1 aliphatic heterocycles. The number of nitrogens with one attached hydrogen (secondary N) is 1. The van der Waals surface area contributed by atoms with Gasteiger partial charge in [-0.3, -0.25) is 0 Å². The molecular weight excluding hydrogens is 228 g/mol. The van der Waals surface area contributed by atoms with Gasteiger partial charge in [0.2, 0.25) is 0 Å². The highest BCUT2D eigenvalue weighted by Gasteiger charge is 2.16. The third kappa shape index (κ3) is 2.54. The lowest BCUT2D eigenvalue weighted by Crippen LogP contribution is -2.22. The molecule has 4 heteroatoms. The molecule has 1 aliphatic rings. The number of hydrogen-bond acceptors (Lipinski definition) is 4. The molecule has 1 aromatic heterocycles. The van der Waals surface area contributed by atoms with Crippen LogP contribution >= 0.6 is 0 Å². The van der Waals surface area contributed by atoms with Crippen molar-refractivity contribution < 1.29 is 9.15 Å². The van der Waals surface area contributed by atoms with Gasteiger partial charge in [-0.15, -0.1) is 0 Å². The maximum absolute atomic E-state index is 5.71. The summed E-state index contributed by atoms with van der Waals surface area (Å²) in [6.07, 6.45) is 1.64. The molecule has 0 unspecified atom stereocenters. The summed E-state index contributed by atoms with van der Waals surface area (Å²) in [4.78, 5) is 4.47. The van der Waals surface area contributed by atoms with E-state index in [1.165, 1.54) is 0 Å². The van der Waals surface area contributed by atoms with Gasteiger partial charge in [-0.05, 0) is 12.1 Å². The van der Waals surface area contributed by atoms with Gasteiger partial charge in [0.1, 0.15) is 11.5 Å². The molecule has 0 fully saturated rings. The zero-order valence-corrected chi connectivity index (χ0v) is 10.2. The van der Waals surface area contributed by atoms with Crippen LogP contribution in [0.1, 0.15) is 17.3 Å². The Morgan fingerprint density at radius 3 is 3.00 bits per heavy atom. The zero-order chi connectivity index (χ0) is 12.2. The molecule has 0 radical (unpaired) electrons. The van der Waals surface area contributed by atoms with Gasteiger partial charge < -0.3 is 14.5 Å².